The van der Waals surface area contributed by atoms with Crippen LogP contribution in [-0.2, 0) is 20.9 Å². The maximum Gasteiger partial charge on any atom is 0.242 e. The second-order valence-electron chi connectivity index (χ2n) is 4.44. The molecule has 2 rings (SSSR count). The topological polar surface area (TPSA) is 71.8 Å². The molecule has 1 fully saturated rings. The first kappa shape index (κ1) is 13.6. The largest absolute Gasteiger partial charge is 0.467 e. The zero-order valence-electron chi connectivity index (χ0n) is 10.9. The summed E-state index contributed by atoms with van der Waals surface area (Å²) in [5.41, 5.74) is 0. The van der Waals surface area contributed by atoms with Crippen LogP contribution in [0, 0.1) is 0 Å². The Morgan fingerprint density at radius 3 is 3.16 bits per heavy atom. The molecule has 2 amide bonds. The van der Waals surface area contributed by atoms with Crippen molar-refractivity contribution in [3.8, 4) is 0 Å². The number of nitrogens with zero attached hydrogens (tertiary/aromatic N) is 1. The second-order valence-corrected chi connectivity index (χ2v) is 4.44. The normalized spacial score (nSPS) is 18.9. The zero-order chi connectivity index (χ0) is 13.7. The number of hydrogen-bond acceptors (Lipinski definition) is 4. The molecule has 19 heavy (non-hydrogen) atoms. The van der Waals surface area contributed by atoms with E-state index in [1.54, 1.807) is 30.4 Å². The number of rotatable bonds is 6. The van der Waals surface area contributed by atoms with Gasteiger partial charge in [0, 0.05) is 20.1 Å². The predicted molar refractivity (Wildman–Crippen MR) is 67.2 cm³/mol. The summed E-state index contributed by atoms with van der Waals surface area (Å²) in [5.74, 6) is 0.544. The minimum Gasteiger partial charge on any atom is -0.467 e. The fourth-order valence-electron chi connectivity index (χ4n) is 2.17. The second kappa shape index (κ2) is 6.38. The first-order valence-electron chi connectivity index (χ1n) is 6.31. The Balaban J connectivity index is 1.94. The lowest BCUT2D eigenvalue weighted by atomic mass is 10.2. The number of amides is 2. The monoisotopic (exact) mass is 266 g/mol. The summed E-state index contributed by atoms with van der Waals surface area (Å²) in [6, 6.07) is 3.16. The molecule has 104 valence electrons. The smallest absolute Gasteiger partial charge is 0.242 e. The molecule has 1 aliphatic heterocycles. The number of carbonyl (C=O) groups is 2. The van der Waals surface area contributed by atoms with Crippen molar-refractivity contribution in [1.82, 2.24) is 10.2 Å². The molecule has 1 aromatic rings. The molecule has 2 heterocycles. The molecule has 0 unspecified atom stereocenters. The van der Waals surface area contributed by atoms with Gasteiger partial charge in [0.2, 0.25) is 11.8 Å². The molecule has 0 aliphatic carbocycles. The van der Waals surface area contributed by atoms with Gasteiger partial charge < -0.3 is 19.4 Å². The van der Waals surface area contributed by atoms with Gasteiger partial charge in [-0.1, -0.05) is 0 Å². The maximum absolute atomic E-state index is 12.0. The van der Waals surface area contributed by atoms with E-state index in [1.807, 2.05) is 0 Å². The first-order valence-corrected chi connectivity index (χ1v) is 6.31. The van der Waals surface area contributed by atoms with Crippen LogP contribution in [0.4, 0.5) is 0 Å². The number of carbonyl (C=O) groups excluding carboxylic acids is 2. The van der Waals surface area contributed by atoms with Crippen LogP contribution in [0.3, 0.4) is 0 Å². The van der Waals surface area contributed by atoms with E-state index in [9.17, 15) is 9.59 Å². The van der Waals surface area contributed by atoms with Crippen LogP contribution in [-0.4, -0.2) is 43.0 Å². The molecule has 0 radical (unpaired) electrons. The molecule has 6 heteroatoms. The summed E-state index contributed by atoms with van der Waals surface area (Å²) in [4.78, 5) is 25.4. The van der Waals surface area contributed by atoms with E-state index in [2.05, 4.69) is 5.32 Å². The van der Waals surface area contributed by atoms with Gasteiger partial charge in [-0.15, -0.1) is 0 Å². The predicted octanol–water partition coefficient (Wildman–Crippen LogP) is 0.533. The third-order valence-electron chi connectivity index (χ3n) is 3.14. The Hall–Kier alpha value is -1.82. The van der Waals surface area contributed by atoms with Crippen molar-refractivity contribution in [1.29, 1.82) is 0 Å². The van der Waals surface area contributed by atoms with Gasteiger partial charge in [0.25, 0.3) is 0 Å². The lowest BCUT2D eigenvalue weighted by Gasteiger charge is -2.23. The van der Waals surface area contributed by atoms with Gasteiger partial charge in [-0.3, -0.25) is 9.59 Å². The molecule has 1 saturated heterocycles. The first-order chi connectivity index (χ1) is 9.22. The summed E-state index contributed by atoms with van der Waals surface area (Å²) in [6.45, 7) is 1.26. The van der Waals surface area contributed by atoms with Gasteiger partial charge >= 0.3 is 0 Å². The van der Waals surface area contributed by atoms with Crippen molar-refractivity contribution in [3.05, 3.63) is 24.2 Å². The molecule has 1 atom stereocenters. The summed E-state index contributed by atoms with van der Waals surface area (Å²) in [6.07, 6.45) is 2.52. The third-order valence-corrected chi connectivity index (χ3v) is 3.14. The Morgan fingerprint density at radius 1 is 1.63 bits per heavy atom. The van der Waals surface area contributed by atoms with Gasteiger partial charge in [-0.2, -0.15) is 0 Å². The number of hydrogen-bond donors (Lipinski definition) is 1. The van der Waals surface area contributed by atoms with E-state index in [-0.39, 0.29) is 11.8 Å². The van der Waals surface area contributed by atoms with E-state index in [1.165, 1.54) is 0 Å². The highest BCUT2D eigenvalue weighted by Gasteiger charge is 2.36. The highest BCUT2D eigenvalue weighted by Crippen LogP contribution is 2.21. The average Bonchev–Trinajstić information content (AvgIpc) is 3.02. The number of furan rings is 1. The minimum atomic E-state index is -0.408. The molecule has 0 aromatic carbocycles. The van der Waals surface area contributed by atoms with Crippen molar-refractivity contribution in [2.75, 3.05) is 20.3 Å². The lowest BCUT2D eigenvalue weighted by molar-refractivity contribution is -0.136. The lowest BCUT2D eigenvalue weighted by Crippen LogP contribution is -2.45. The molecule has 1 aliphatic rings. The van der Waals surface area contributed by atoms with E-state index in [0.717, 1.165) is 0 Å². The van der Waals surface area contributed by atoms with Crippen LogP contribution in [0.1, 0.15) is 18.6 Å². The zero-order valence-corrected chi connectivity index (χ0v) is 10.9. The Bertz CT molecular complexity index is 430. The van der Waals surface area contributed by atoms with Crippen LogP contribution in [0.25, 0.3) is 0 Å². The molecule has 1 aromatic heterocycles. The Labute approximate surface area is 111 Å². The van der Waals surface area contributed by atoms with Crippen molar-refractivity contribution in [3.63, 3.8) is 0 Å². The van der Waals surface area contributed by atoms with Crippen LogP contribution >= 0.6 is 0 Å². The number of ether oxygens (including phenoxy) is 1. The van der Waals surface area contributed by atoms with Crippen molar-refractivity contribution in [2.45, 2.75) is 25.4 Å². The SMILES string of the molecule is COCCNC(=O)[C@H]1CCC(=O)N1Cc1ccco1. The van der Waals surface area contributed by atoms with Crippen molar-refractivity contribution in [2.24, 2.45) is 0 Å². The summed E-state index contributed by atoms with van der Waals surface area (Å²) in [5, 5.41) is 2.77. The van der Waals surface area contributed by atoms with E-state index < -0.39 is 6.04 Å². The Morgan fingerprint density at radius 2 is 2.47 bits per heavy atom. The van der Waals surface area contributed by atoms with Gasteiger partial charge in [0.05, 0.1) is 19.4 Å². The number of nitrogens with one attached hydrogen (secondary N) is 1. The fourth-order valence-corrected chi connectivity index (χ4v) is 2.17. The standard InChI is InChI=1S/C13H18N2O4/c1-18-8-6-14-13(17)11-4-5-12(16)15(11)9-10-3-2-7-19-10/h2-3,7,11H,4-6,8-9H2,1H3,(H,14,17)/t11-/m1/s1. The van der Waals surface area contributed by atoms with Crippen molar-refractivity contribution >= 4 is 11.8 Å². The quantitative estimate of drug-likeness (QED) is 0.763. The highest BCUT2D eigenvalue weighted by atomic mass is 16.5. The minimum absolute atomic E-state index is 0.0108. The molecule has 0 saturated carbocycles. The van der Waals surface area contributed by atoms with Gasteiger partial charge in [-0.05, 0) is 18.6 Å². The van der Waals surface area contributed by atoms with Crippen LogP contribution < -0.4 is 5.32 Å². The molecular formula is C13H18N2O4. The van der Waals surface area contributed by atoms with Crippen LogP contribution in [0.15, 0.2) is 22.8 Å². The molecule has 0 spiro atoms. The highest BCUT2D eigenvalue weighted by molar-refractivity contribution is 5.90. The van der Waals surface area contributed by atoms with Crippen LogP contribution in [0.2, 0.25) is 0 Å². The van der Waals surface area contributed by atoms with E-state index in [0.29, 0.717) is 38.3 Å². The summed E-state index contributed by atoms with van der Waals surface area (Å²) < 4.78 is 10.1. The summed E-state index contributed by atoms with van der Waals surface area (Å²) >= 11 is 0. The van der Waals surface area contributed by atoms with E-state index >= 15 is 0 Å². The average molecular weight is 266 g/mol. The van der Waals surface area contributed by atoms with Gasteiger partial charge in [0.15, 0.2) is 0 Å². The Kier molecular flexibility index (Phi) is 4.57. The summed E-state index contributed by atoms with van der Waals surface area (Å²) in [7, 11) is 1.58. The molecular weight excluding hydrogens is 248 g/mol. The fraction of sp³-hybridized carbons (Fsp3) is 0.538. The van der Waals surface area contributed by atoms with Crippen molar-refractivity contribution < 1.29 is 18.7 Å². The number of methoxy groups -OCH3 is 1. The number of likely N-dealkylation sites (tertiary alicyclic amines) is 1. The molecule has 0 bridgehead atoms. The van der Waals surface area contributed by atoms with Gasteiger partial charge in [-0.25, -0.2) is 0 Å². The van der Waals surface area contributed by atoms with Crippen LogP contribution in [0.5, 0.6) is 0 Å². The molecule has 6 nitrogen and oxygen atoms in total. The van der Waals surface area contributed by atoms with Gasteiger partial charge in [0.1, 0.15) is 11.8 Å². The van der Waals surface area contributed by atoms with E-state index in [4.69, 9.17) is 9.15 Å². The molecule has 1 N–H and O–H groups in total. The maximum atomic E-state index is 12.0. The third kappa shape index (κ3) is 3.35.